The minimum atomic E-state index is -0.513. The fourth-order valence-corrected chi connectivity index (χ4v) is 3.24. The van der Waals surface area contributed by atoms with Crippen LogP contribution in [0, 0.1) is 5.92 Å². The number of benzene rings is 1. The van der Waals surface area contributed by atoms with Gasteiger partial charge in [0.2, 0.25) is 0 Å². The van der Waals surface area contributed by atoms with Crippen LogP contribution in [0.1, 0.15) is 69.8 Å². The Kier molecular flexibility index (Phi) is 6.26. The van der Waals surface area contributed by atoms with Crippen LogP contribution in [0.4, 0.5) is 4.79 Å². The molecule has 1 heterocycles. The Hall–Kier alpha value is -1.84. The van der Waals surface area contributed by atoms with E-state index in [-0.39, 0.29) is 17.9 Å². The van der Waals surface area contributed by atoms with E-state index >= 15 is 0 Å². The van der Waals surface area contributed by atoms with E-state index < -0.39 is 5.60 Å². The maximum absolute atomic E-state index is 12.6. The number of hydrogen-bond acceptors (Lipinski definition) is 3. The Bertz CT molecular complexity index is 599. The SMILES string of the molecule is CC(C)Cc1ccc(C(=O)CC2CCCN2C(=O)OC(C)(C)C)cc1. The van der Waals surface area contributed by atoms with Gasteiger partial charge in [0.15, 0.2) is 5.78 Å². The van der Waals surface area contributed by atoms with Gasteiger partial charge in [-0.15, -0.1) is 0 Å². The van der Waals surface area contributed by atoms with Crippen LogP contribution >= 0.6 is 0 Å². The third-order valence-electron chi connectivity index (χ3n) is 4.35. The van der Waals surface area contributed by atoms with Gasteiger partial charge in [-0.25, -0.2) is 4.79 Å². The Morgan fingerprint density at radius 3 is 2.40 bits per heavy atom. The molecule has 4 nitrogen and oxygen atoms in total. The summed E-state index contributed by atoms with van der Waals surface area (Å²) in [5.41, 5.74) is 1.46. The molecule has 0 N–H and O–H groups in total. The normalized spacial score (nSPS) is 17.8. The zero-order chi connectivity index (χ0) is 18.6. The van der Waals surface area contributed by atoms with Crippen LogP contribution in [0.15, 0.2) is 24.3 Å². The van der Waals surface area contributed by atoms with E-state index in [1.165, 1.54) is 5.56 Å². The smallest absolute Gasteiger partial charge is 0.410 e. The molecule has 1 amide bonds. The molecule has 1 aromatic rings. The summed E-state index contributed by atoms with van der Waals surface area (Å²) in [5, 5.41) is 0. The topological polar surface area (TPSA) is 46.6 Å². The van der Waals surface area contributed by atoms with Crippen LogP contribution in [0.5, 0.6) is 0 Å². The summed E-state index contributed by atoms with van der Waals surface area (Å²) in [6, 6.07) is 7.83. The Balaban J connectivity index is 1.98. The molecule has 0 aromatic heterocycles. The van der Waals surface area contributed by atoms with Crippen LogP contribution < -0.4 is 0 Å². The Morgan fingerprint density at radius 1 is 1.20 bits per heavy atom. The third-order valence-corrected chi connectivity index (χ3v) is 4.35. The lowest BCUT2D eigenvalue weighted by atomic mass is 9.98. The molecular formula is C21H31NO3. The number of rotatable bonds is 5. The molecule has 1 unspecified atom stereocenters. The third kappa shape index (κ3) is 5.87. The molecule has 1 aliphatic rings. The number of carbonyl (C=O) groups excluding carboxylic acids is 2. The molecule has 1 saturated heterocycles. The molecule has 1 aliphatic heterocycles. The first-order valence-electron chi connectivity index (χ1n) is 9.27. The molecule has 1 fully saturated rings. The van der Waals surface area contributed by atoms with E-state index in [1.807, 2.05) is 45.0 Å². The van der Waals surface area contributed by atoms with Gasteiger partial charge in [-0.3, -0.25) is 4.79 Å². The van der Waals surface area contributed by atoms with Gasteiger partial charge in [0.05, 0.1) is 0 Å². The summed E-state index contributed by atoms with van der Waals surface area (Å²) >= 11 is 0. The van der Waals surface area contributed by atoms with Crippen molar-refractivity contribution in [3.63, 3.8) is 0 Å². The number of ketones is 1. The lowest BCUT2D eigenvalue weighted by Gasteiger charge is -2.28. The van der Waals surface area contributed by atoms with E-state index in [0.717, 1.165) is 24.8 Å². The first kappa shape index (κ1) is 19.5. The first-order valence-corrected chi connectivity index (χ1v) is 9.27. The van der Waals surface area contributed by atoms with E-state index in [4.69, 9.17) is 4.74 Å². The average molecular weight is 345 g/mol. The molecule has 0 aliphatic carbocycles. The highest BCUT2D eigenvalue weighted by atomic mass is 16.6. The van der Waals surface area contributed by atoms with Crippen molar-refractivity contribution in [1.82, 2.24) is 4.90 Å². The number of nitrogens with zero attached hydrogens (tertiary/aromatic N) is 1. The number of likely N-dealkylation sites (tertiary alicyclic amines) is 1. The standard InChI is InChI=1S/C21H31NO3/c1-15(2)13-16-8-10-17(11-9-16)19(23)14-18-7-6-12-22(18)20(24)25-21(3,4)5/h8-11,15,18H,6-7,12-14H2,1-5H3. The second-order valence-corrected chi connectivity index (χ2v) is 8.39. The molecular weight excluding hydrogens is 314 g/mol. The van der Waals surface area contributed by atoms with Gasteiger partial charge in [0.1, 0.15) is 5.60 Å². The molecule has 4 heteroatoms. The second-order valence-electron chi connectivity index (χ2n) is 8.39. The highest BCUT2D eigenvalue weighted by Gasteiger charge is 2.33. The average Bonchev–Trinajstić information content (AvgIpc) is 2.93. The number of carbonyl (C=O) groups is 2. The zero-order valence-electron chi connectivity index (χ0n) is 16.2. The van der Waals surface area contributed by atoms with Crippen LogP contribution in [0.2, 0.25) is 0 Å². The number of hydrogen-bond donors (Lipinski definition) is 0. The Morgan fingerprint density at radius 2 is 1.84 bits per heavy atom. The molecule has 0 bridgehead atoms. The monoisotopic (exact) mass is 345 g/mol. The van der Waals surface area contributed by atoms with Crippen molar-refractivity contribution >= 4 is 11.9 Å². The maximum Gasteiger partial charge on any atom is 0.410 e. The van der Waals surface area contributed by atoms with Crippen LogP contribution in [0.3, 0.4) is 0 Å². The largest absolute Gasteiger partial charge is 0.444 e. The highest BCUT2D eigenvalue weighted by molar-refractivity contribution is 5.96. The van der Waals surface area contributed by atoms with Gasteiger partial charge >= 0.3 is 6.09 Å². The van der Waals surface area contributed by atoms with Crippen LogP contribution in [-0.4, -0.2) is 35.0 Å². The summed E-state index contributed by atoms with van der Waals surface area (Å²) in [4.78, 5) is 26.7. The summed E-state index contributed by atoms with van der Waals surface area (Å²) < 4.78 is 5.47. The number of amides is 1. The molecule has 2 rings (SSSR count). The lowest BCUT2D eigenvalue weighted by Crippen LogP contribution is -2.40. The fourth-order valence-electron chi connectivity index (χ4n) is 3.24. The fraction of sp³-hybridized carbons (Fsp3) is 0.619. The van der Waals surface area contributed by atoms with Crippen molar-refractivity contribution in [2.24, 2.45) is 5.92 Å². The van der Waals surface area contributed by atoms with Gasteiger partial charge in [-0.2, -0.15) is 0 Å². The summed E-state index contributed by atoms with van der Waals surface area (Å²) in [7, 11) is 0. The number of Topliss-reactive ketones (excluding diaryl/α,β-unsaturated/α-hetero) is 1. The van der Waals surface area contributed by atoms with Crippen molar-refractivity contribution in [1.29, 1.82) is 0 Å². The second kappa shape index (κ2) is 8.03. The summed E-state index contributed by atoms with van der Waals surface area (Å²) in [6.45, 7) is 10.6. The molecule has 0 spiro atoms. The maximum atomic E-state index is 12.6. The highest BCUT2D eigenvalue weighted by Crippen LogP contribution is 2.24. The minimum Gasteiger partial charge on any atom is -0.444 e. The molecule has 0 radical (unpaired) electrons. The quantitative estimate of drug-likeness (QED) is 0.716. The van der Waals surface area contributed by atoms with E-state index in [2.05, 4.69) is 13.8 Å². The predicted molar refractivity (Wildman–Crippen MR) is 99.9 cm³/mol. The van der Waals surface area contributed by atoms with E-state index in [9.17, 15) is 9.59 Å². The van der Waals surface area contributed by atoms with Crippen molar-refractivity contribution in [3.8, 4) is 0 Å². The lowest BCUT2D eigenvalue weighted by molar-refractivity contribution is 0.0223. The predicted octanol–water partition coefficient (Wildman–Crippen LogP) is 4.86. The van der Waals surface area contributed by atoms with E-state index in [0.29, 0.717) is 18.9 Å². The van der Waals surface area contributed by atoms with Gasteiger partial charge in [0.25, 0.3) is 0 Å². The molecule has 1 atom stereocenters. The first-order chi connectivity index (χ1) is 11.7. The van der Waals surface area contributed by atoms with Crippen molar-refractivity contribution in [3.05, 3.63) is 35.4 Å². The minimum absolute atomic E-state index is 0.0577. The summed E-state index contributed by atoms with van der Waals surface area (Å²) in [5.74, 6) is 0.694. The molecule has 1 aromatic carbocycles. The van der Waals surface area contributed by atoms with Gasteiger partial charge in [-0.1, -0.05) is 38.1 Å². The van der Waals surface area contributed by atoms with Crippen LogP contribution in [-0.2, 0) is 11.2 Å². The number of ether oxygens (including phenoxy) is 1. The Labute approximate surface area is 151 Å². The zero-order valence-corrected chi connectivity index (χ0v) is 16.2. The van der Waals surface area contributed by atoms with E-state index in [1.54, 1.807) is 4.90 Å². The molecule has 25 heavy (non-hydrogen) atoms. The van der Waals surface area contributed by atoms with Crippen molar-refractivity contribution in [2.75, 3.05) is 6.54 Å². The van der Waals surface area contributed by atoms with Gasteiger partial charge in [-0.05, 0) is 51.5 Å². The summed E-state index contributed by atoms with van der Waals surface area (Å²) in [6.07, 6.45) is 2.85. The van der Waals surface area contributed by atoms with Crippen molar-refractivity contribution < 1.29 is 14.3 Å². The van der Waals surface area contributed by atoms with Crippen LogP contribution in [0.25, 0.3) is 0 Å². The molecule has 0 saturated carbocycles. The van der Waals surface area contributed by atoms with Gasteiger partial charge in [0, 0.05) is 24.6 Å². The van der Waals surface area contributed by atoms with Gasteiger partial charge < -0.3 is 9.64 Å². The van der Waals surface area contributed by atoms with Crippen molar-refractivity contribution in [2.45, 2.75) is 71.9 Å². The molecule has 138 valence electrons.